The molecule has 1 rings (SSSR count). The van der Waals surface area contributed by atoms with Gasteiger partial charge in [0.25, 0.3) is 0 Å². The van der Waals surface area contributed by atoms with Gasteiger partial charge in [-0.1, -0.05) is 26.2 Å². The minimum atomic E-state index is -3.13. The number of sulfonamides is 1. The van der Waals surface area contributed by atoms with E-state index in [2.05, 4.69) is 4.72 Å². The number of rotatable bonds is 5. The van der Waals surface area contributed by atoms with Crippen LogP contribution in [0.15, 0.2) is 0 Å². The van der Waals surface area contributed by atoms with Gasteiger partial charge in [0.05, 0.1) is 5.75 Å². The fourth-order valence-corrected chi connectivity index (χ4v) is 3.81. The molecule has 0 aromatic rings. The van der Waals surface area contributed by atoms with Gasteiger partial charge in [-0.3, -0.25) is 0 Å². The maximum absolute atomic E-state index is 11.7. The lowest BCUT2D eigenvalue weighted by Gasteiger charge is -2.36. The maximum atomic E-state index is 11.7. The zero-order chi connectivity index (χ0) is 11.4. The molecule has 90 valence electrons. The Hall–Kier alpha value is -0.130. The van der Waals surface area contributed by atoms with Gasteiger partial charge in [-0.15, -0.1) is 0 Å². The molecular formula is C10H22N2O2S. The topological polar surface area (TPSA) is 72.2 Å². The molecule has 3 N–H and O–H groups in total. The molecule has 0 amide bonds. The summed E-state index contributed by atoms with van der Waals surface area (Å²) in [6, 6.07) is 0. The van der Waals surface area contributed by atoms with Crippen LogP contribution in [0.1, 0.15) is 45.4 Å². The Bertz CT molecular complexity index is 282. The van der Waals surface area contributed by atoms with Gasteiger partial charge < -0.3 is 5.73 Å². The van der Waals surface area contributed by atoms with Crippen LogP contribution in [0.3, 0.4) is 0 Å². The first-order valence-corrected chi connectivity index (χ1v) is 7.40. The Morgan fingerprint density at radius 3 is 2.33 bits per heavy atom. The highest BCUT2D eigenvalue weighted by Gasteiger charge is 2.34. The summed E-state index contributed by atoms with van der Waals surface area (Å²) in [7, 11) is -3.13. The number of nitrogens with two attached hydrogens (primary N) is 1. The molecule has 15 heavy (non-hydrogen) atoms. The second kappa shape index (κ2) is 5.27. The molecule has 1 saturated carbocycles. The van der Waals surface area contributed by atoms with Crippen LogP contribution in [0.4, 0.5) is 0 Å². The molecule has 1 aliphatic rings. The van der Waals surface area contributed by atoms with Gasteiger partial charge >= 0.3 is 0 Å². The van der Waals surface area contributed by atoms with Crippen LogP contribution in [0.25, 0.3) is 0 Å². The van der Waals surface area contributed by atoms with E-state index < -0.39 is 10.0 Å². The van der Waals surface area contributed by atoms with E-state index in [0.717, 1.165) is 25.7 Å². The minimum Gasteiger partial charge on any atom is -0.329 e. The average molecular weight is 234 g/mol. The zero-order valence-corrected chi connectivity index (χ0v) is 10.3. The summed E-state index contributed by atoms with van der Waals surface area (Å²) in [6.45, 7) is 2.28. The predicted octanol–water partition coefficient (Wildman–Crippen LogP) is 0.977. The maximum Gasteiger partial charge on any atom is 0.212 e. The first kappa shape index (κ1) is 12.9. The van der Waals surface area contributed by atoms with Crippen molar-refractivity contribution in [2.24, 2.45) is 5.73 Å². The highest BCUT2D eigenvalue weighted by atomic mass is 32.2. The largest absolute Gasteiger partial charge is 0.329 e. The Kier molecular flexibility index (Phi) is 4.55. The Balaban J connectivity index is 2.66. The third kappa shape index (κ3) is 3.74. The molecule has 0 aromatic heterocycles. The molecule has 1 fully saturated rings. The van der Waals surface area contributed by atoms with Gasteiger partial charge in [0.1, 0.15) is 0 Å². The normalized spacial score (nSPS) is 21.5. The third-order valence-electron chi connectivity index (χ3n) is 3.05. The van der Waals surface area contributed by atoms with Crippen LogP contribution >= 0.6 is 0 Å². The van der Waals surface area contributed by atoms with Crippen LogP contribution in [0.2, 0.25) is 0 Å². The first-order chi connectivity index (χ1) is 7.04. The van der Waals surface area contributed by atoms with Gasteiger partial charge in [-0.05, 0) is 19.3 Å². The smallest absolute Gasteiger partial charge is 0.212 e. The lowest BCUT2D eigenvalue weighted by Crippen LogP contribution is -2.55. The molecule has 4 nitrogen and oxygen atoms in total. The fraction of sp³-hybridized carbons (Fsp3) is 1.00. The van der Waals surface area contributed by atoms with Gasteiger partial charge in [0, 0.05) is 12.1 Å². The second-order valence-electron chi connectivity index (χ2n) is 4.47. The van der Waals surface area contributed by atoms with E-state index in [4.69, 9.17) is 5.73 Å². The zero-order valence-electron chi connectivity index (χ0n) is 9.46. The van der Waals surface area contributed by atoms with Gasteiger partial charge in [0.15, 0.2) is 0 Å². The highest BCUT2D eigenvalue weighted by Crippen LogP contribution is 2.27. The molecule has 5 heteroatoms. The van der Waals surface area contributed by atoms with Gasteiger partial charge in [-0.2, -0.15) is 0 Å². The predicted molar refractivity (Wildman–Crippen MR) is 62.1 cm³/mol. The average Bonchev–Trinajstić information content (AvgIpc) is 2.18. The second-order valence-corrected chi connectivity index (χ2v) is 6.31. The Labute approximate surface area is 92.7 Å². The first-order valence-electron chi connectivity index (χ1n) is 5.75. The monoisotopic (exact) mass is 234 g/mol. The SMILES string of the molecule is CCCS(=O)(=O)NC1(CN)CCCCC1. The fourth-order valence-electron chi connectivity index (χ4n) is 2.23. The van der Waals surface area contributed by atoms with Crippen LogP contribution in [0, 0.1) is 0 Å². The third-order valence-corrected chi connectivity index (χ3v) is 4.74. The van der Waals surface area contributed by atoms with Crippen molar-refractivity contribution in [1.82, 2.24) is 4.72 Å². The lowest BCUT2D eigenvalue weighted by molar-refractivity contribution is 0.276. The standard InChI is InChI=1S/C10H22N2O2S/c1-2-8-15(13,14)12-10(9-11)6-4-3-5-7-10/h12H,2-9,11H2,1H3. The van der Waals surface area contributed by atoms with Gasteiger partial charge in [0.2, 0.25) is 10.0 Å². The van der Waals surface area contributed by atoms with Crippen molar-refractivity contribution in [3.05, 3.63) is 0 Å². The summed E-state index contributed by atoms with van der Waals surface area (Å²) in [4.78, 5) is 0. The summed E-state index contributed by atoms with van der Waals surface area (Å²) >= 11 is 0. The van der Waals surface area contributed by atoms with Crippen molar-refractivity contribution in [3.8, 4) is 0 Å². The minimum absolute atomic E-state index is 0.203. The van der Waals surface area contributed by atoms with Crippen molar-refractivity contribution < 1.29 is 8.42 Å². The molecule has 0 bridgehead atoms. The van der Waals surface area contributed by atoms with Crippen LogP contribution in [-0.4, -0.2) is 26.3 Å². The van der Waals surface area contributed by atoms with Crippen molar-refractivity contribution >= 4 is 10.0 Å². The van der Waals surface area contributed by atoms with E-state index >= 15 is 0 Å². The van der Waals surface area contributed by atoms with E-state index in [1.807, 2.05) is 6.92 Å². The van der Waals surface area contributed by atoms with E-state index in [1.165, 1.54) is 6.42 Å². The van der Waals surface area contributed by atoms with Crippen molar-refractivity contribution in [1.29, 1.82) is 0 Å². The van der Waals surface area contributed by atoms with E-state index in [-0.39, 0.29) is 11.3 Å². The summed E-state index contributed by atoms with van der Waals surface area (Å²) in [5.41, 5.74) is 5.36. The molecule has 0 aromatic carbocycles. The van der Waals surface area contributed by atoms with Crippen LogP contribution in [-0.2, 0) is 10.0 Å². The number of hydrogen-bond donors (Lipinski definition) is 2. The van der Waals surface area contributed by atoms with E-state index in [9.17, 15) is 8.42 Å². The van der Waals surface area contributed by atoms with Crippen molar-refractivity contribution in [2.45, 2.75) is 51.0 Å². The van der Waals surface area contributed by atoms with E-state index in [0.29, 0.717) is 13.0 Å². The Morgan fingerprint density at radius 2 is 1.87 bits per heavy atom. The molecule has 1 aliphatic carbocycles. The van der Waals surface area contributed by atoms with Gasteiger partial charge in [-0.25, -0.2) is 13.1 Å². The number of nitrogens with one attached hydrogen (secondary N) is 1. The summed E-state index contributed by atoms with van der Waals surface area (Å²) in [5.74, 6) is 0.203. The summed E-state index contributed by atoms with van der Waals surface area (Å²) in [6.07, 6.45) is 5.75. The summed E-state index contributed by atoms with van der Waals surface area (Å²) < 4.78 is 26.2. The van der Waals surface area contributed by atoms with Crippen molar-refractivity contribution in [3.63, 3.8) is 0 Å². The summed E-state index contributed by atoms with van der Waals surface area (Å²) in [5, 5.41) is 0. The van der Waals surface area contributed by atoms with E-state index in [1.54, 1.807) is 0 Å². The quantitative estimate of drug-likeness (QED) is 0.744. The molecule has 0 saturated heterocycles. The van der Waals surface area contributed by atoms with Crippen LogP contribution in [0.5, 0.6) is 0 Å². The highest BCUT2D eigenvalue weighted by molar-refractivity contribution is 7.89. The van der Waals surface area contributed by atoms with Crippen molar-refractivity contribution in [2.75, 3.05) is 12.3 Å². The lowest BCUT2D eigenvalue weighted by atomic mass is 9.83. The molecule has 0 radical (unpaired) electrons. The Morgan fingerprint density at radius 1 is 1.27 bits per heavy atom. The molecule has 0 spiro atoms. The number of hydrogen-bond acceptors (Lipinski definition) is 3. The molecule has 0 unspecified atom stereocenters. The molecule has 0 aliphatic heterocycles. The molecular weight excluding hydrogens is 212 g/mol. The molecule has 0 atom stereocenters. The van der Waals surface area contributed by atoms with Crippen LogP contribution < -0.4 is 10.5 Å². The molecule has 0 heterocycles.